The Labute approximate surface area is 73.2 Å². The van der Waals surface area contributed by atoms with Crippen molar-refractivity contribution in [1.82, 2.24) is 4.90 Å². The van der Waals surface area contributed by atoms with E-state index in [-0.39, 0.29) is 5.84 Å². The molecule has 1 aliphatic rings. The van der Waals surface area contributed by atoms with Crippen molar-refractivity contribution < 1.29 is 4.74 Å². The lowest BCUT2D eigenvalue weighted by atomic mass is 10.2. The first-order valence-electron chi connectivity index (χ1n) is 4.31. The fraction of sp³-hybridized carbons (Fsp3) is 0.875. The smallest absolute Gasteiger partial charge is 0.0918 e. The van der Waals surface area contributed by atoms with Crippen molar-refractivity contribution in [1.29, 1.82) is 5.41 Å². The van der Waals surface area contributed by atoms with Crippen molar-refractivity contribution in [2.45, 2.75) is 18.9 Å². The number of likely N-dealkylation sites (N-methyl/N-ethyl adjacent to an activating group) is 1. The van der Waals surface area contributed by atoms with Crippen LogP contribution < -0.4 is 5.73 Å². The second kappa shape index (κ2) is 4.42. The molecule has 0 saturated carbocycles. The minimum Gasteiger partial charge on any atom is -0.388 e. The van der Waals surface area contributed by atoms with Crippen molar-refractivity contribution in [2.75, 3.05) is 26.8 Å². The number of amidine groups is 1. The van der Waals surface area contributed by atoms with Crippen LogP contribution in [0.25, 0.3) is 0 Å². The Balaban J connectivity index is 2.17. The van der Waals surface area contributed by atoms with Gasteiger partial charge in [-0.2, -0.15) is 0 Å². The van der Waals surface area contributed by atoms with E-state index in [2.05, 4.69) is 11.9 Å². The van der Waals surface area contributed by atoms with Crippen LogP contribution in [0.4, 0.5) is 0 Å². The topological polar surface area (TPSA) is 62.3 Å². The quantitative estimate of drug-likeness (QED) is 0.463. The third kappa shape index (κ3) is 2.79. The van der Waals surface area contributed by atoms with Crippen molar-refractivity contribution in [2.24, 2.45) is 5.73 Å². The van der Waals surface area contributed by atoms with E-state index in [1.807, 2.05) is 0 Å². The summed E-state index contributed by atoms with van der Waals surface area (Å²) in [5.41, 5.74) is 5.26. The molecule has 1 saturated heterocycles. The summed E-state index contributed by atoms with van der Waals surface area (Å²) >= 11 is 0. The highest BCUT2D eigenvalue weighted by Crippen LogP contribution is 2.10. The van der Waals surface area contributed by atoms with Crippen molar-refractivity contribution in [3.05, 3.63) is 0 Å². The van der Waals surface area contributed by atoms with Gasteiger partial charge in [-0.15, -0.1) is 0 Å². The number of hydrogen-bond donors (Lipinski definition) is 2. The van der Waals surface area contributed by atoms with Crippen molar-refractivity contribution in [3.8, 4) is 0 Å². The fourth-order valence-electron chi connectivity index (χ4n) is 1.35. The van der Waals surface area contributed by atoms with E-state index in [1.54, 1.807) is 0 Å². The zero-order valence-electron chi connectivity index (χ0n) is 7.55. The van der Waals surface area contributed by atoms with E-state index in [4.69, 9.17) is 15.9 Å². The first kappa shape index (κ1) is 9.48. The molecule has 70 valence electrons. The molecule has 0 radical (unpaired) electrons. The second-order valence-electron chi connectivity index (χ2n) is 3.27. The average molecular weight is 171 g/mol. The Bertz CT molecular complexity index is 154. The van der Waals surface area contributed by atoms with Gasteiger partial charge in [-0.05, 0) is 13.5 Å². The van der Waals surface area contributed by atoms with E-state index in [0.717, 1.165) is 26.2 Å². The second-order valence-corrected chi connectivity index (χ2v) is 3.27. The van der Waals surface area contributed by atoms with Gasteiger partial charge in [-0.1, -0.05) is 0 Å². The zero-order chi connectivity index (χ0) is 8.97. The van der Waals surface area contributed by atoms with Gasteiger partial charge in [0.05, 0.1) is 12.4 Å². The summed E-state index contributed by atoms with van der Waals surface area (Å²) in [6.45, 7) is 2.56. The summed E-state index contributed by atoms with van der Waals surface area (Å²) in [6, 6.07) is 0.532. The molecule has 4 heteroatoms. The average Bonchev–Trinajstić information content (AvgIpc) is 2.51. The summed E-state index contributed by atoms with van der Waals surface area (Å²) in [6.07, 6.45) is 1.77. The predicted octanol–water partition coefficient (Wildman–Crippen LogP) is 0.0332. The molecule has 0 aromatic heterocycles. The molecule has 1 atom stereocenters. The molecule has 1 aliphatic heterocycles. The molecule has 1 fully saturated rings. The molecule has 0 aromatic carbocycles. The first-order chi connectivity index (χ1) is 5.70. The van der Waals surface area contributed by atoms with Crippen LogP contribution in [-0.4, -0.2) is 43.6 Å². The Morgan fingerprint density at radius 2 is 2.50 bits per heavy atom. The largest absolute Gasteiger partial charge is 0.388 e. The maximum Gasteiger partial charge on any atom is 0.0918 e. The van der Waals surface area contributed by atoms with Gasteiger partial charge in [0.15, 0.2) is 0 Å². The van der Waals surface area contributed by atoms with Gasteiger partial charge in [0, 0.05) is 25.6 Å². The molecule has 1 heterocycles. The van der Waals surface area contributed by atoms with Crippen LogP contribution in [0.3, 0.4) is 0 Å². The fourth-order valence-corrected chi connectivity index (χ4v) is 1.35. The molecule has 1 unspecified atom stereocenters. The van der Waals surface area contributed by atoms with Crippen LogP contribution in [0.5, 0.6) is 0 Å². The molecule has 12 heavy (non-hydrogen) atoms. The summed E-state index contributed by atoms with van der Waals surface area (Å²) < 4.78 is 5.26. The molecule has 0 spiro atoms. The van der Waals surface area contributed by atoms with Gasteiger partial charge in [0.1, 0.15) is 0 Å². The maximum absolute atomic E-state index is 7.08. The van der Waals surface area contributed by atoms with E-state index < -0.39 is 0 Å². The SMILES string of the molecule is CN(CCC(=N)N)C1CCOC1. The molecule has 0 bridgehead atoms. The van der Waals surface area contributed by atoms with Crippen LogP contribution in [0.2, 0.25) is 0 Å². The van der Waals surface area contributed by atoms with Crippen molar-refractivity contribution in [3.63, 3.8) is 0 Å². The zero-order valence-corrected chi connectivity index (χ0v) is 7.55. The Morgan fingerprint density at radius 3 is 3.00 bits per heavy atom. The molecule has 3 N–H and O–H groups in total. The molecule has 0 aliphatic carbocycles. The number of ether oxygens (including phenoxy) is 1. The molecular formula is C8H17N3O. The summed E-state index contributed by atoms with van der Waals surface area (Å²) in [5.74, 6) is 0.265. The van der Waals surface area contributed by atoms with E-state index in [0.29, 0.717) is 12.5 Å². The lowest BCUT2D eigenvalue weighted by molar-refractivity contribution is 0.161. The Hall–Kier alpha value is -0.610. The highest BCUT2D eigenvalue weighted by atomic mass is 16.5. The third-order valence-corrected chi connectivity index (χ3v) is 2.26. The predicted molar refractivity (Wildman–Crippen MR) is 48.4 cm³/mol. The van der Waals surface area contributed by atoms with Gasteiger partial charge in [-0.25, -0.2) is 0 Å². The molecule has 0 aromatic rings. The Morgan fingerprint density at radius 1 is 1.75 bits per heavy atom. The number of hydrogen-bond acceptors (Lipinski definition) is 3. The van der Waals surface area contributed by atoms with E-state index in [9.17, 15) is 0 Å². The number of nitrogens with zero attached hydrogens (tertiary/aromatic N) is 1. The number of nitrogens with one attached hydrogen (secondary N) is 1. The van der Waals surface area contributed by atoms with Crippen LogP contribution >= 0.6 is 0 Å². The summed E-state index contributed by atoms with van der Waals surface area (Å²) in [4.78, 5) is 2.22. The molecule has 0 amide bonds. The van der Waals surface area contributed by atoms with Crippen LogP contribution in [0, 0.1) is 5.41 Å². The number of nitrogens with two attached hydrogens (primary N) is 1. The van der Waals surface area contributed by atoms with Gasteiger partial charge < -0.3 is 15.4 Å². The summed E-state index contributed by atoms with van der Waals surface area (Å²) in [5, 5.41) is 7.08. The van der Waals surface area contributed by atoms with Gasteiger partial charge in [0.25, 0.3) is 0 Å². The van der Waals surface area contributed by atoms with E-state index >= 15 is 0 Å². The standard InChI is InChI=1S/C8H17N3O/c1-11(4-2-8(9)10)7-3-5-12-6-7/h7H,2-6H2,1H3,(H3,9,10). The van der Waals surface area contributed by atoms with Gasteiger partial charge in [-0.3, -0.25) is 5.41 Å². The third-order valence-electron chi connectivity index (χ3n) is 2.26. The minimum atomic E-state index is 0.265. The molecule has 4 nitrogen and oxygen atoms in total. The normalized spacial score (nSPS) is 23.3. The monoisotopic (exact) mass is 171 g/mol. The molecule has 1 rings (SSSR count). The lowest BCUT2D eigenvalue weighted by Gasteiger charge is -2.22. The van der Waals surface area contributed by atoms with Crippen LogP contribution in [0.1, 0.15) is 12.8 Å². The lowest BCUT2D eigenvalue weighted by Crippen LogP contribution is -2.34. The highest BCUT2D eigenvalue weighted by molar-refractivity contribution is 5.76. The van der Waals surface area contributed by atoms with Crippen molar-refractivity contribution >= 4 is 5.84 Å². The van der Waals surface area contributed by atoms with E-state index in [1.165, 1.54) is 0 Å². The van der Waals surface area contributed by atoms with Gasteiger partial charge in [0.2, 0.25) is 0 Å². The van der Waals surface area contributed by atoms with Crippen LogP contribution in [-0.2, 0) is 4.74 Å². The number of rotatable bonds is 4. The Kier molecular flexibility index (Phi) is 3.49. The van der Waals surface area contributed by atoms with Gasteiger partial charge >= 0.3 is 0 Å². The maximum atomic E-state index is 7.08. The molecular weight excluding hydrogens is 154 g/mol. The summed E-state index contributed by atoms with van der Waals surface area (Å²) in [7, 11) is 2.06. The first-order valence-corrected chi connectivity index (χ1v) is 4.31. The minimum absolute atomic E-state index is 0.265. The highest BCUT2D eigenvalue weighted by Gasteiger charge is 2.19. The van der Waals surface area contributed by atoms with Crippen LogP contribution in [0.15, 0.2) is 0 Å².